The minimum atomic E-state index is -0.0376. The van der Waals surface area contributed by atoms with E-state index in [2.05, 4.69) is 13.8 Å². The highest BCUT2D eigenvalue weighted by Gasteiger charge is 2.40. The second-order valence-electron chi connectivity index (χ2n) is 5.62. The van der Waals surface area contributed by atoms with Crippen LogP contribution in [-0.4, -0.2) is 11.2 Å². The maximum absolute atomic E-state index is 10.0. The molecule has 0 heterocycles. The lowest BCUT2D eigenvalue weighted by atomic mass is 9.82. The maximum atomic E-state index is 10.0. The average molecular weight is 196 g/mol. The molecule has 5 unspecified atom stereocenters. The summed E-state index contributed by atoms with van der Waals surface area (Å²) in [7, 11) is 0. The molecule has 2 bridgehead atoms. The van der Waals surface area contributed by atoms with Crippen LogP contribution < -0.4 is 0 Å². The van der Waals surface area contributed by atoms with Crippen molar-refractivity contribution in [1.82, 2.24) is 0 Å². The molecule has 2 aliphatic carbocycles. The third-order valence-corrected chi connectivity index (χ3v) is 4.73. The SMILES string of the molecule is CCC(C)C(O)CC1CC2CCC1C2. The van der Waals surface area contributed by atoms with E-state index >= 15 is 0 Å². The minimum absolute atomic E-state index is 0.0376. The van der Waals surface area contributed by atoms with E-state index in [1.807, 2.05) is 0 Å². The summed E-state index contributed by atoms with van der Waals surface area (Å²) < 4.78 is 0. The molecular weight excluding hydrogens is 172 g/mol. The molecule has 2 fully saturated rings. The molecule has 5 atom stereocenters. The van der Waals surface area contributed by atoms with Gasteiger partial charge in [0.15, 0.2) is 0 Å². The average Bonchev–Trinajstić information content (AvgIpc) is 2.77. The van der Waals surface area contributed by atoms with Crippen molar-refractivity contribution in [3.05, 3.63) is 0 Å². The molecule has 14 heavy (non-hydrogen) atoms. The molecule has 2 saturated carbocycles. The van der Waals surface area contributed by atoms with Gasteiger partial charge in [0.1, 0.15) is 0 Å². The Hall–Kier alpha value is -0.0400. The molecule has 1 heteroatoms. The Morgan fingerprint density at radius 2 is 2.07 bits per heavy atom. The van der Waals surface area contributed by atoms with Gasteiger partial charge in [0.25, 0.3) is 0 Å². The molecule has 0 aromatic rings. The third kappa shape index (κ3) is 1.98. The zero-order chi connectivity index (χ0) is 10.1. The van der Waals surface area contributed by atoms with E-state index in [-0.39, 0.29) is 6.10 Å². The summed E-state index contributed by atoms with van der Waals surface area (Å²) in [5.74, 6) is 3.35. The highest BCUT2D eigenvalue weighted by atomic mass is 16.3. The monoisotopic (exact) mass is 196 g/mol. The van der Waals surface area contributed by atoms with Crippen molar-refractivity contribution in [3.63, 3.8) is 0 Å². The molecule has 0 aromatic heterocycles. The molecule has 1 N–H and O–H groups in total. The predicted octanol–water partition coefficient (Wildman–Crippen LogP) is 3.22. The first-order chi connectivity index (χ1) is 6.70. The van der Waals surface area contributed by atoms with Gasteiger partial charge in [-0.2, -0.15) is 0 Å². The quantitative estimate of drug-likeness (QED) is 0.732. The van der Waals surface area contributed by atoms with Crippen LogP contribution in [0.5, 0.6) is 0 Å². The molecule has 0 aliphatic heterocycles. The molecule has 2 aliphatic rings. The highest BCUT2D eigenvalue weighted by Crippen LogP contribution is 2.50. The first-order valence-electron chi connectivity index (χ1n) is 6.38. The van der Waals surface area contributed by atoms with Gasteiger partial charge in [-0.3, -0.25) is 0 Å². The fraction of sp³-hybridized carbons (Fsp3) is 1.00. The topological polar surface area (TPSA) is 20.2 Å². The Balaban J connectivity index is 1.80. The van der Waals surface area contributed by atoms with Gasteiger partial charge in [0.2, 0.25) is 0 Å². The van der Waals surface area contributed by atoms with E-state index in [0.29, 0.717) is 5.92 Å². The van der Waals surface area contributed by atoms with Gasteiger partial charge in [-0.25, -0.2) is 0 Å². The lowest BCUT2D eigenvalue weighted by Crippen LogP contribution is -2.23. The molecular formula is C13H24O. The van der Waals surface area contributed by atoms with E-state index in [0.717, 1.165) is 30.6 Å². The minimum Gasteiger partial charge on any atom is -0.393 e. The van der Waals surface area contributed by atoms with Gasteiger partial charge in [-0.1, -0.05) is 26.7 Å². The van der Waals surface area contributed by atoms with Gasteiger partial charge in [0, 0.05) is 0 Å². The van der Waals surface area contributed by atoms with E-state index < -0.39 is 0 Å². The highest BCUT2D eigenvalue weighted by molar-refractivity contribution is 4.91. The van der Waals surface area contributed by atoms with Crippen LogP contribution in [0.3, 0.4) is 0 Å². The molecule has 0 saturated heterocycles. The predicted molar refractivity (Wildman–Crippen MR) is 59.0 cm³/mol. The molecule has 0 aromatic carbocycles. The zero-order valence-electron chi connectivity index (χ0n) is 9.58. The fourth-order valence-corrected chi connectivity index (χ4v) is 3.48. The van der Waals surface area contributed by atoms with Crippen molar-refractivity contribution in [2.45, 2.75) is 58.5 Å². The molecule has 0 radical (unpaired) electrons. The van der Waals surface area contributed by atoms with E-state index in [4.69, 9.17) is 0 Å². The number of fused-ring (bicyclic) bond motifs is 2. The molecule has 0 spiro atoms. The van der Waals surface area contributed by atoms with E-state index in [1.54, 1.807) is 0 Å². The second kappa shape index (κ2) is 4.22. The number of aliphatic hydroxyl groups excluding tert-OH is 1. The summed E-state index contributed by atoms with van der Waals surface area (Å²) in [4.78, 5) is 0. The van der Waals surface area contributed by atoms with Crippen LogP contribution in [-0.2, 0) is 0 Å². The normalized spacial score (nSPS) is 40.1. The van der Waals surface area contributed by atoms with Crippen LogP contribution in [0.15, 0.2) is 0 Å². The molecule has 82 valence electrons. The number of hydrogen-bond donors (Lipinski definition) is 1. The van der Waals surface area contributed by atoms with Gasteiger partial charge in [0.05, 0.1) is 6.10 Å². The van der Waals surface area contributed by atoms with E-state index in [9.17, 15) is 5.11 Å². The van der Waals surface area contributed by atoms with Crippen LogP contribution in [0.2, 0.25) is 0 Å². The van der Waals surface area contributed by atoms with Gasteiger partial charge in [-0.15, -0.1) is 0 Å². The fourth-order valence-electron chi connectivity index (χ4n) is 3.48. The Morgan fingerprint density at radius 1 is 1.29 bits per heavy atom. The third-order valence-electron chi connectivity index (χ3n) is 4.73. The van der Waals surface area contributed by atoms with Crippen LogP contribution in [0.25, 0.3) is 0 Å². The Labute approximate surface area is 87.9 Å². The first kappa shape index (κ1) is 10.5. The van der Waals surface area contributed by atoms with Crippen LogP contribution in [0.1, 0.15) is 52.4 Å². The van der Waals surface area contributed by atoms with Crippen LogP contribution >= 0.6 is 0 Å². The van der Waals surface area contributed by atoms with Crippen LogP contribution in [0, 0.1) is 23.7 Å². The van der Waals surface area contributed by atoms with Gasteiger partial charge in [-0.05, 0) is 49.4 Å². The lowest BCUT2D eigenvalue weighted by molar-refractivity contribution is 0.0759. The van der Waals surface area contributed by atoms with Crippen molar-refractivity contribution >= 4 is 0 Å². The van der Waals surface area contributed by atoms with Gasteiger partial charge < -0.3 is 5.11 Å². The van der Waals surface area contributed by atoms with Crippen molar-refractivity contribution in [1.29, 1.82) is 0 Å². The molecule has 1 nitrogen and oxygen atoms in total. The standard InChI is InChI=1S/C13H24O/c1-3-9(2)13(14)8-12-7-10-4-5-11(12)6-10/h9-14H,3-8H2,1-2H3. The Kier molecular flexibility index (Phi) is 3.16. The van der Waals surface area contributed by atoms with Crippen molar-refractivity contribution in [2.24, 2.45) is 23.7 Å². The summed E-state index contributed by atoms with van der Waals surface area (Å²) in [6, 6.07) is 0. The maximum Gasteiger partial charge on any atom is 0.0568 e. The second-order valence-corrected chi connectivity index (χ2v) is 5.62. The van der Waals surface area contributed by atoms with Crippen molar-refractivity contribution < 1.29 is 5.11 Å². The Morgan fingerprint density at radius 3 is 2.57 bits per heavy atom. The van der Waals surface area contributed by atoms with Crippen molar-refractivity contribution in [2.75, 3.05) is 0 Å². The summed E-state index contributed by atoms with van der Waals surface area (Å²) in [6.45, 7) is 4.35. The lowest BCUT2D eigenvalue weighted by Gasteiger charge is -2.26. The number of rotatable bonds is 4. The molecule has 0 amide bonds. The van der Waals surface area contributed by atoms with Crippen LogP contribution in [0.4, 0.5) is 0 Å². The number of aliphatic hydroxyl groups is 1. The zero-order valence-corrected chi connectivity index (χ0v) is 9.58. The number of hydrogen-bond acceptors (Lipinski definition) is 1. The first-order valence-corrected chi connectivity index (χ1v) is 6.38. The smallest absolute Gasteiger partial charge is 0.0568 e. The summed E-state index contributed by atoms with van der Waals surface area (Å²) >= 11 is 0. The van der Waals surface area contributed by atoms with E-state index in [1.165, 1.54) is 25.7 Å². The van der Waals surface area contributed by atoms with Gasteiger partial charge >= 0.3 is 0 Å². The summed E-state index contributed by atoms with van der Waals surface area (Å²) in [5.41, 5.74) is 0. The largest absolute Gasteiger partial charge is 0.393 e. The molecule has 2 rings (SSSR count). The van der Waals surface area contributed by atoms with Crippen molar-refractivity contribution in [3.8, 4) is 0 Å². The summed E-state index contributed by atoms with van der Waals surface area (Å²) in [6.07, 6.45) is 7.96. The Bertz CT molecular complexity index is 190. The summed E-state index contributed by atoms with van der Waals surface area (Å²) in [5, 5.41) is 10.0.